The molecule has 3 rings (SSSR count). The molecular weight excluding hydrogens is 294 g/mol. The van der Waals surface area contributed by atoms with Gasteiger partial charge in [-0.2, -0.15) is 0 Å². The monoisotopic (exact) mass is 307 g/mol. The average Bonchev–Trinajstić information content (AvgIpc) is 3.08. The van der Waals surface area contributed by atoms with Gasteiger partial charge in [0.15, 0.2) is 0 Å². The van der Waals surface area contributed by atoms with Crippen LogP contribution in [0, 0.1) is 0 Å². The van der Waals surface area contributed by atoms with Crippen LogP contribution in [0.15, 0.2) is 27.1 Å². The molecule has 1 aromatic carbocycles. The molecule has 4 nitrogen and oxygen atoms in total. The van der Waals surface area contributed by atoms with Gasteiger partial charge >= 0.3 is 0 Å². The van der Waals surface area contributed by atoms with Crippen molar-refractivity contribution in [2.45, 2.75) is 18.8 Å². The summed E-state index contributed by atoms with van der Waals surface area (Å²) in [7, 11) is 4.01. The lowest BCUT2D eigenvalue weighted by atomic mass is 10.2. The van der Waals surface area contributed by atoms with Gasteiger partial charge in [0.1, 0.15) is 0 Å². The predicted octanol–water partition coefficient (Wildman–Crippen LogP) is 3.44. The second-order valence-electron chi connectivity index (χ2n) is 4.78. The topological polar surface area (TPSA) is 42.2 Å². The van der Waals surface area contributed by atoms with E-state index in [1.54, 1.807) is 0 Å². The lowest BCUT2D eigenvalue weighted by Gasteiger charge is -2.14. The zero-order chi connectivity index (χ0) is 12.7. The molecule has 0 radical (unpaired) electrons. The van der Waals surface area contributed by atoms with Crippen molar-refractivity contribution in [3.8, 4) is 11.5 Å². The van der Waals surface area contributed by atoms with Crippen molar-refractivity contribution in [3.63, 3.8) is 0 Å². The van der Waals surface area contributed by atoms with Gasteiger partial charge in [0.05, 0.1) is 5.69 Å². The molecule has 1 saturated carbocycles. The fraction of sp³-hybridized carbons (Fsp3) is 0.385. The highest BCUT2D eigenvalue weighted by Crippen LogP contribution is 2.40. The number of nitrogens with zero attached hydrogens (tertiary/aromatic N) is 3. The van der Waals surface area contributed by atoms with Crippen LogP contribution in [0.4, 0.5) is 5.69 Å². The highest BCUT2D eigenvalue weighted by molar-refractivity contribution is 9.10. The Morgan fingerprint density at radius 1 is 1.28 bits per heavy atom. The van der Waals surface area contributed by atoms with Gasteiger partial charge in [-0.15, -0.1) is 10.2 Å². The summed E-state index contributed by atoms with van der Waals surface area (Å²) in [5.74, 6) is 1.88. The van der Waals surface area contributed by atoms with Crippen LogP contribution in [0.1, 0.15) is 24.7 Å². The first-order valence-electron chi connectivity index (χ1n) is 5.96. The summed E-state index contributed by atoms with van der Waals surface area (Å²) in [6, 6.07) is 6.04. The Bertz CT molecular complexity index is 575. The molecule has 5 heteroatoms. The van der Waals surface area contributed by atoms with E-state index in [1.165, 1.54) is 12.8 Å². The summed E-state index contributed by atoms with van der Waals surface area (Å²) in [5.41, 5.74) is 2.06. The second-order valence-corrected chi connectivity index (χ2v) is 5.63. The average molecular weight is 308 g/mol. The van der Waals surface area contributed by atoms with Crippen molar-refractivity contribution < 1.29 is 4.42 Å². The molecule has 1 fully saturated rings. The maximum atomic E-state index is 5.71. The molecule has 0 aliphatic heterocycles. The Morgan fingerprint density at radius 3 is 2.72 bits per heavy atom. The molecule has 1 aliphatic carbocycles. The van der Waals surface area contributed by atoms with E-state index < -0.39 is 0 Å². The summed E-state index contributed by atoms with van der Waals surface area (Å²) in [4.78, 5) is 2.05. The SMILES string of the molecule is CN(C)c1cc(-c2nnc(C3CC3)o2)ccc1Br. The minimum Gasteiger partial charge on any atom is -0.420 e. The summed E-state index contributed by atoms with van der Waals surface area (Å²) in [6.45, 7) is 0. The van der Waals surface area contributed by atoms with Crippen LogP contribution in [0.5, 0.6) is 0 Å². The van der Waals surface area contributed by atoms with Crippen LogP contribution < -0.4 is 4.90 Å². The van der Waals surface area contributed by atoms with Gasteiger partial charge in [0.25, 0.3) is 0 Å². The van der Waals surface area contributed by atoms with Gasteiger partial charge < -0.3 is 9.32 Å². The first-order chi connectivity index (χ1) is 8.65. The highest BCUT2D eigenvalue weighted by atomic mass is 79.9. The van der Waals surface area contributed by atoms with Crippen LogP contribution in [0.3, 0.4) is 0 Å². The van der Waals surface area contributed by atoms with Crippen molar-refractivity contribution in [1.29, 1.82) is 0 Å². The molecule has 1 aromatic heterocycles. The minimum atomic E-state index is 0.495. The Balaban J connectivity index is 1.97. The summed E-state index contributed by atoms with van der Waals surface area (Å²) >= 11 is 3.53. The quantitative estimate of drug-likeness (QED) is 0.871. The van der Waals surface area contributed by atoms with Crippen molar-refractivity contribution in [3.05, 3.63) is 28.6 Å². The summed E-state index contributed by atoms with van der Waals surface area (Å²) in [5, 5.41) is 8.24. The molecule has 0 N–H and O–H groups in total. The second kappa shape index (κ2) is 4.39. The van der Waals surface area contributed by atoms with Gasteiger partial charge in [-0.05, 0) is 47.0 Å². The number of rotatable bonds is 3. The Kier molecular flexibility index (Phi) is 2.86. The Hall–Kier alpha value is -1.36. The molecule has 0 unspecified atom stereocenters. The van der Waals surface area contributed by atoms with E-state index in [2.05, 4.69) is 26.1 Å². The van der Waals surface area contributed by atoms with Crippen LogP contribution in [0.2, 0.25) is 0 Å². The molecule has 1 heterocycles. The number of aromatic nitrogens is 2. The molecule has 0 atom stereocenters. The van der Waals surface area contributed by atoms with Crippen molar-refractivity contribution >= 4 is 21.6 Å². The smallest absolute Gasteiger partial charge is 0.247 e. The molecule has 2 aromatic rings. The minimum absolute atomic E-state index is 0.495. The number of hydrogen-bond acceptors (Lipinski definition) is 4. The number of benzene rings is 1. The third-order valence-electron chi connectivity index (χ3n) is 3.04. The van der Waals surface area contributed by atoms with Gasteiger partial charge in [0, 0.05) is 30.0 Å². The van der Waals surface area contributed by atoms with Gasteiger partial charge in [-0.1, -0.05) is 0 Å². The van der Waals surface area contributed by atoms with E-state index in [1.807, 2.05) is 37.2 Å². The Labute approximate surface area is 114 Å². The third kappa shape index (κ3) is 2.14. The summed E-state index contributed by atoms with van der Waals surface area (Å²) in [6.07, 6.45) is 2.34. The van der Waals surface area contributed by atoms with Crippen LogP contribution >= 0.6 is 15.9 Å². The number of anilines is 1. The molecule has 0 saturated heterocycles. The standard InChI is InChI=1S/C13H14BrN3O/c1-17(2)11-7-9(5-6-10(11)14)13-16-15-12(18-13)8-3-4-8/h5-8H,3-4H2,1-2H3. The molecular formula is C13H14BrN3O. The van der Waals surface area contributed by atoms with Crippen molar-refractivity contribution in [2.75, 3.05) is 19.0 Å². The maximum absolute atomic E-state index is 5.71. The molecule has 0 spiro atoms. The van der Waals surface area contributed by atoms with Gasteiger partial charge in [-0.3, -0.25) is 0 Å². The van der Waals surface area contributed by atoms with Crippen LogP contribution in [-0.4, -0.2) is 24.3 Å². The lowest BCUT2D eigenvalue weighted by molar-refractivity contribution is 0.508. The van der Waals surface area contributed by atoms with Crippen molar-refractivity contribution in [2.24, 2.45) is 0 Å². The number of halogens is 1. The van der Waals surface area contributed by atoms with E-state index in [9.17, 15) is 0 Å². The molecule has 18 heavy (non-hydrogen) atoms. The van der Waals surface area contributed by atoms with E-state index in [-0.39, 0.29) is 0 Å². The molecule has 1 aliphatic rings. The molecule has 94 valence electrons. The first-order valence-corrected chi connectivity index (χ1v) is 6.75. The fourth-order valence-electron chi connectivity index (χ4n) is 1.83. The summed E-state index contributed by atoms with van der Waals surface area (Å²) < 4.78 is 6.77. The van der Waals surface area contributed by atoms with Crippen molar-refractivity contribution in [1.82, 2.24) is 10.2 Å². The van der Waals surface area contributed by atoms with E-state index in [4.69, 9.17) is 4.42 Å². The Morgan fingerprint density at radius 2 is 2.06 bits per heavy atom. The zero-order valence-electron chi connectivity index (χ0n) is 10.4. The number of hydrogen-bond donors (Lipinski definition) is 0. The maximum Gasteiger partial charge on any atom is 0.247 e. The lowest BCUT2D eigenvalue weighted by Crippen LogP contribution is -2.09. The predicted molar refractivity (Wildman–Crippen MR) is 73.7 cm³/mol. The largest absolute Gasteiger partial charge is 0.420 e. The van der Waals surface area contributed by atoms with E-state index >= 15 is 0 Å². The highest BCUT2D eigenvalue weighted by Gasteiger charge is 2.29. The molecule has 0 amide bonds. The van der Waals surface area contributed by atoms with E-state index in [0.717, 1.165) is 21.6 Å². The first kappa shape index (κ1) is 11.7. The van der Waals surface area contributed by atoms with Gasteiger partial charge in [0.2, 0.25) is 11.8 Å². The molecule has 0 bridgehead atoms. The van der Waals surface area contributed by atoms with Gasteiger partial charge in [-0.25, -0.2) is 0 Å². The fourth-order valence-corrected chi connectivity index (χ4v) is 2.44. The van der Waals surface area contributed by atoms with Crippen LogP contribution in [-0.2, 0) is 0 Å². The third-order valence-corrected chi connectivity index (χ3v) is 3.71. The zero-order valence-corrected chi connectivity index (χ0v) is 11.9. The van der Waals surface area contributed by atoms with Crippen LogP contribution in [0.25, 0.3) is 11.5 Å². The normalized spacial score (nSPS) is 14.8. The van der Waals surface area contributed by atoms with E-state index in [0.29, 0.717) is 11.8 Å².